The first-order valence-electron chi connectivity index (χ1n) is 19.0. The number of rotatable bonds is 10. The molecule has 28 heteroatoms. The molecule has 68 heavy (non-hydrogen) atoms. The predicted octanol–water partition coefficient (Wildman–Crippen LogP) is 8.52. The van der Waals surface area contributed by atoms with E-state index in [0.29, 0.717) is 28.2 Å². The van der Waals surface area contributed by atoms with Crippen LogP contribution in [0.25, 0.3) is 56.1 Å². The second kappa shape index (κ2) is 20.1. The molecule has 0 aliphatic rings. The van der Waals surface area contributed by atoms with E-state index in [-0.39, 0.29) is 34.4 Å². The molecular weight excluding hydrogens is 983 g/mol. The molecule has 10 aromatic rings. The van der Waals surface area contributed by atoms with Crippen molar-refractivity contribution in [2.45, 2.75) is 12.9 Å². The molecule has 0 saturated carbocycles. The molecular formula is C40H24BBrF8N14O4. The lowest BCUT2D eigenvalue weighted by Gasteiger charge is -2.10. The van der Waals surface area contributed by atoms with Gasteiger partial charge in [0.1, 0.15) is 28.8 Å². The van der Waals surface area contributed by atoms with Crippen LogP contribution < -0.4 is 16.1 Å². The SMILES string of the molecule is FC(F)c1nnc(-c2cnc(Nc3cc(Br)c4nc[nH]c4c3)nc2)o1.Fc1cccc(F)c1-c1cc(Nc2ncc(-c3nnc(C(F)F)o3)cn2)cc2[nH]cnc12.OB(O)c1c(F)cccc1F. The topological polar surface area (TPSA) is 251 Å². The van der Waals surface area contributed by atoms with Crippen LogP contribution in [0.15, 0.2) is 111 Å². The molecule has 0 bridgehead atoms. The van der Waals surface area contributed by atoms with Gasteiger partial charge >= 0.3 is 20.0 Å². The Labute approximate surface area is 382 Å². The van der Waals surface area contributed by atoms with Gasteiger partial charge in [-0.15, -0.1) is 20.4 Å². The summed E-state index contributed by atoms with van der Waals surface area (Å²) < 4.78 is 115. The van der Waals surface area contributed by atoms with Crippen molar-refractivity contribution in [1.29, 1.82) is 0 Å². The first-order chi connectivity index (χ1) is 32.7. The molecule has 0 amide bonds. The summed E-state index contributed by atoms with van der Waals surface area (Å²) >= 11 is 3.44. The Balaban J connectivity index is 0.000000154. The maximum absolute atomic E-state index is 14.4. The van der Waals surface area contributed by atoms with Gasteiger partial charge in [0.15, 0.2) is 0 Å². The number of imidazole rings is 2. The van der Waals surface area contributed by atoms with Crippen molar-refractivity contribution in [2.75, 3.05) is 10.6 Å². The monoisotopic (exact) mass is 1010 g/mol. The van der Waals surface area contributed by atoms with Crippen molar-refractivity contribution >= 4 is 73.8 Å². The number of aromatic nitrogens is 12. The van der Waals surface area contributed by atoms with Crippen molar-refractivity contribution in [1.82, 2.24) is 60.3 Å². The van der Waals surface area contributed by atoms with E-state index in [4.69, 9.17) is 18.9 Å². The van der Waals surface area contributed by atoms with E-state index in [1.807, 2.05) is 12.1 Å². The Morgan fingerprint density at radius 3 is 1.46 bits per heavy atom. The average molecular weight is 1010 g/mol. The van der Waals surface area contributed by atoms with E-state index in [2.05, 4.69) is 86.8 Å². The van der Waals surface area contributed by atoms with Gasteiger partial charge in [0.2, 0.25) is 11.9 Å². The second-order valence-corrected chi connectivity index (χ2v) is 14.4. The largest absolute Gasteiger partial charge is 0.494 e. The first kappa shape index (κ1) is 46.3. The lowest BCUT2D eigenvalue weighted by atomic mass is 9.79. The van der Waals surface area contributed by atoms with Gasteiger partial charge in [-0.1, -0.05) is 12.1 Å². The third kappa shape index (κ3) is 10.4. The number of hydrogen-bond donors (Lipinski definition) is 6. The zero-order chi connectivity index (χ0) is 48.1. The van der Waals surface area contributed by atoms with Gasteiger partial charge in [-0.25, -0.2) is 47.5 Å². The fourth-order valence-corrected chi connectivity index (χ4v) is 6.61. The maximum atomic E-state index is 14.4. The molecule has 18 nitrogen and oxygen atoms in total. The third-order valence-corrected chi connectivity index (χ3v) is 9.66. The average Bonchev–Trinajstić information content (AvgIpc) is 4.15. The molecule has 0 fully saturated rings. The summed E-state index contributed by atoms with van der Waals surface area (Å²) in [7, 11) is -2.10. The van der Waals surface area contributed by atoms with Crippen LogP contribution in [0.5, 0.6) is 0 Å². The molecule has 6 aromatic heterocycles. The fraction of sp³-hybridized carbons (Fsp3) is 0.0500. The van der Waals surface area contributed by atoms with Crippen LogP contribution in [0.2, 0.25) is 0 Å². The number of alkyl halides is 4. The Kier molecular flexibility index (Phi) is 13.7. The second-order valence-electron chi connectivity index (χ2n) is 13.5. The number of anilines is 4. The fourth-order valence-electron chi connectivity index (χ4n) is 6.05. The van der Waals surface area contributed by atoms with Gasteiger partial charge < -0.3 is 39.5 Å². The molecule has 0 radical (unpaired) electrons. The number of nitrogens with one attached hydrogen (secondary N) is 4. The Morgan fingerprint density at radius 1 is 0.574 bits per heavy atom. The van der Waals surface area contributed by atoms with Crippen molar-refractivity contribution in [3.8, 4) is 34.0 Å². The molecule has 344 valence electrons. The molecule has 0 aliphatic heterocycles. The van der Waals surface area contributed by atoms with E-state index >= 15 is 0 Å². The minimum Gasteiger partial charge on any atom is -0.423 e. The molecule has 0 unspecified atom stereocenters. The highest BCUT2D eigenvalue weighted by Gasteiger charge is 2.22. The van der Waals surface area contributed by atoms with Crippen molar-refractivity contribution < 1.29 is 54.0 Å². The highest BCUT2D eigenvalue weighted by Crippen LogP contribution is 2.35. The molecule has 6 heterocycles. The summed E-state index contributed by atoms with van der Waals surface area (Å²) in [6.45, 7) is 0. The summed E-state index contributed by atoms with van der Waals surface area (Å²) in [6, 6.07) is 13.6. The number of nitrogens with zero attached hydrogens (tertiary/aromatic N) is 10. The quantitative estimate of drug-likeness (QED) is 0.0555. The number of H-pyrrole nitrogens is 2. The molecule has 6 N–H and O–H groups in total. The van der Waals surface area contributed by atoms with E-state index in [9.17, 15) is 35.1 Å². The number of halogens is 9. The van der Waals surface area contributed by atoms with Crippen LogP contribution in [0.3, 0.4) is 0 Å². The third-order valence-electron chi connectivity index (χ3n) is 9.06. The molecule has 0 spiro atoms. The minimum absolute atomic E-state index is 0.0662. The number of fused-ring (bicyclic) bond motifs is 2. The van der Waals surface area contributed by atoms with Crippen molar-refractivity contribution in [3.05, 3.63) is 138 Å². The lowest BCUT2D eigenvalue weighted by Crippen LogP contribution is -2.35. The van der Waals surface area contributed by atoms with Gasteiger partial charge in [0.25, 0.3) is 23.6 Å². The number of benzene rings is 4. The number of hydrogen-bond acceptors (Lipinski definition) is 16. The number of aromatic amines is 2. The standard InChI is InChI=1S/C20H11F4N7O.C14H8BrF2N7O.C6H5BF2O2/c21-12-2-1-3-13(22)15(12)11-4-10(5-14-16(11)28-8-27-14)29-20-25-6-9(7-26-20)18-30-31-19(32-18)17(23)24;15-8-1-7(2-9-10(8)21-5-20-9)22-14-18-3-6(4-19-14)12-23-24-13(25-12)11(16)17;8-4-2-1-3-5(9)6(4)7(10)11/h1-8,17H,(H,27,28)(H,25,26,29);1-5,11H,(H,20,21)(H,18,19,22);1-3,10-11H. The predicted molar refractivity (Wildman–Crippen MR) is 229 cm³/mol. The van der Waals surface area contributed by atoms with Crippen LogP contribution in [0, 0.1) is 23.3 Å². The highest BCUT2D eigenvalue weighted by molar-refractivity contribution is 9.10. The maximum Gasteiger partial charge on any atom is 0.494 e. The molecule has 0 atom stereocenters. The summed E-state index contributed by atoms with van der Waals surface area (Å²) in [6.07, 6.45) is 2.74. The van der Waals surface area contributed by atoms with E-state index in [1.54, 1.807) is 12.4 Å². The van der Waals surface area contributed by atoms with Crippen molar-refractivity contribution in [3.63, 3.8) is 0 Å². The molecule has 0 saturated heterocycles. The smallest absolute Gasteiger partial charge is 0.423 e. The van der Waals surface area contributed by atoms with E-state index < -0.39 is 60.5 Å². The highest BCUT2D eigenvalue weighted by atomic mass is 79.9. The van der Waals surface area contributed by atoms with Crippen LogP contribution in [0.1, 0.15) is 24.6 Å². The van der Waals surface area contributed by atoms with E-state index in [1.165, 1.54) is 43.2 Å². The van der Waals surface area contributed by atoms with Gasteiger partial charge in [-0.3, -0.25) is 0 Å². The Hall–Kier alpha value is -8.24. The zero-order valence-corrected chi connectivity index (χ0v) is 35.1. The van der Waals surface area contributed by atoms with Crippen LogP contribution in [-0.2, 0) is 0 Å². The summed E-state index contributed by atoms with van der Waals surface area (Å²) in [5.74, 6) is -4.67. The van der Waals surface area contributed by atoms with Crippen LogP contribution in [-0.4, -0.2) is 77.4 Å². The molecule has 10 rings (SSSR count). The van der Waals surface area contributed by atoms with Crippen LogP contribution >= 0.6 is 15.9 Å². The van der Waals surface area contributed by atoms with Gasteiger partial charge in [0.05, 0.1) is 51.4 Å². The summed E-state index contributed by atoms with van der Waals surface area (Å²) in [4.78, 5) is 30.7. The van der Waals surface area contributed by atoms with Gasteiger partial charge in [-0.05, 0) is 64.5 Å². The first-order valence-corrected chi connectivity index (χ1v) is 19.8. The zero-order valence-electron chi connectivity index (χ0n) is 33.6. The summed E-state index contributed by atoms with van der Waals surface area (Å²) in [5.41, 5.74) is 3.66. The van der Waals surface area contributed by atoms with E-state index in [0.717, 1.165) is 51.5 Å². The Bertz CT molecular complexity index is 3300. The van der Waals surface area contributed by atoms with Crippen molar-refractivity contribution in [2.24, 2.45) is 0 Å². The van der Waals surface area contributed by atoms with Gasteiger partial charge in [0, 0.05) is 46.2 Å². The molecule has 4 aromatic carbocycles. The van der Waals surface area contributed by atoms with Gasteiger partial charge in [-0.2, -0.15) is 17.6 Å². The van der Waals surface area contributed by atoms with Crippen LogP contribution in [0.4, 0.5) is 58.4 Å². The Morgan fingerprint density at radius 2 is 1.01 bits per heavy atom. The molecule has 0 aliphatic carbocycles. The normalized spacial score (nSPS) is 11.1. The minimum atomic E-state index is -2.89. The lowest BCUT2D eigenvalue weighted by molar-refractivity contribution is 0.115. The summed E-state index contributed by atoms with van der Waals surface area (Å²) in [5, 5.41) is 36.5.